The maximum Gasteiger partial charge on any atom is 0.321 e. The molecule has 0 saturated heterocycles. The number of carboxylic acids is 1. The fourth-order valence-electron chi connectivity index (χ4n) is 1.94. The standard InChI is InChI=1S/C14H26N2O4/c1-5-10(6-2)9-15-13(20)16-11(17)7-14(3,4)8-12(18)19/h10H,5-9H2,1-4H3,(H,18,19)(H2,15,16,17,20). The minimum absolute atomic E-state index is 0.00228. The minimum Gasteiger partial charge on any atom is -0.481 e. The largest absolute Gasteiger partial charge is 0.481 e. The first kappa shape index (κ1) is 18.4. The summed E-state index contributed by atoms with van der Waals surface area (Å²) in [5.41, 5.74) is -0.675. The number of carbonyl (C=O) groups is 3. The molecule has 0 aliphatic carbocycles. The van der Waals surface area contributed by atoms with E-state index >= 15 is 0 Å². The van der Waals surface area contributed by atoms with Gasteiger partial charge in [0.1, 0.15) is 0 Å². The van der Waals surface area contributed by atoms with E-state index < -0.39 is 23.3 Å². The monoisotopic (exact) mass is 286 g/mol. The summed E-state index contributed by atoms with van der Waals surface area (Å²) >= 11 is 0. The highest BCUT2D eigenvalue weighted by molar-refractivity contribution is 5.94. The molecule has 3 N–H and O–H groups in total. The number of imide groups is 1. The highest BCUT2D eigenvalue weighted by atomic mass is 16.4. The average Bonchev–Trinajstić information content (AvgIpc) is 2.27. The van der Waals surface area contributed by atoms with Crippen LogP contribution < -0.4 is 10.6 Å². The minimum atomic E-state index is -0.957. The molecule has 0 spiro atoms. The molecule has 0 rings (SSSR count). The lowest BCUT2D eigenvalue weighted by Gasteiger charge is -2.21. The van der Waals surface area contributed by atoms with E-state index in [0.29, 0.717) is 12.5 Å². The Kier molecular flexibility index (Phi) is 7.87. The van der Waals surface area contributed by atoms with Crippen LogP contribution in [0.4, 0.5) is 4.79 Å². The van der Waals surface area contributed by atoms with Crippen molar-refractivity contribution >= 4 is 17.9 Å². The number of rotatable bonds is 8. The zero-order valence-electron chi connectivity index (χ0n) is 12.8. The Hall–Kier alpha value is -1.59. The molecule has 6 nitrogen and oxygen atoms in total. The van der Waals surface area contributed by atoms with Crippen LogP contribution in [0, 0.1) is 11.3 Å². The Bertz CT molecular complexity index is 349. The van der Waals surface area contributed by atoms with Crippen LogP contribution in [0.15, 0.2) is 0 Å². The Balaban J connectivity index is 4.14. The summed E-state index contributed by atoms with van der Waals surface area (Å²) in [7, 11) is 0. The first-order chi connectivity index (χ1) is 9.20. The van der Waals surface area contributed by atoms with Crippen molar-refractivity contribution < 1.29 is 19.5 Å². The Morgan fingerprint density at radius 1 is 1.10 bits per heavy atom. The van der Waals surface area contributed by atoms with Crippen molar-refractivity contribution in [3.63, 3.8) is 0 Å². The molecule has 0 aromatic heterocycles. The number of carbonyl (C=O) groups excluding carboxylic acids is 2. The predicted molar refractivity (Wildman–Crippen MR) is 76.3 cm³/mol. The third-order valence-corrected chi connectivity index (χ3v) is 3.23. The topological polar surface area (TPSA) is 95.5 Å². The van der Waals surface area contributed by atoms with Gasteiger partial charge in [0.2, 0.25) is 5.91 Å². The fourth-order valence-corrected chi connectivity index (χ4v) is 1.94. The van der Waals surface area contributed by atoms with E-state index in [4.69, 9.17) is 5.11 Å². The van der Waals surface area contributed by atoms with Gasteiger partial charge in [-0.1, -0.05) is 40.5 Å². The summed E-state index contributed by atoms with van der Waals surface area (Å²) in [6, 6.07) is -0.520. The van der Waals surface area contributed by atoms with Gasteiger partial charge in [-0.05, 0) is 11.3 Å². The van der Waals surface area contributed by atoms with Crippen LogP contribution in [-0.2, 0) is 9.59 Å². The van der Waals surface area contributed by atoms with E-state index in [0.717, 1.165) is 12.8 Å². The molecule has 0 radical (unpaired) electrons. The number of hydrogen-bond acceptors (Lipinski definition) is 3. The molecular formula is C14H26N2O4. The molecule has 0 bridgehead atoms. The van der Waals surface area contributed by atoms with Crippen molar-refractivity contribution in [2.24, 2.45) is 11.3 Å². The molecule has 0 heterocycles. The van der Waals surface area contributed by atoms with Crippen molar-refractivity contribution in [1.82, 2.24) is 10.6 Å². The van der Waals surface area contributed by atoms with Gasteiger partial charge in [-0.2, -0.15) is 0 Å². The molecule has 6 heteroatoms. The number of nitrogens with one attached hydrogen (secondary N) is 2. The summed E-state index contributed by atoms with van der Waals surface area (Å²) in [6.07, 6.45) is 1.82. The second kappa shape index (κ2) is 8.55. The van der Waals surface area contributed by atoms with Gasteiger partial charge in [-0.3, -0.25) is 14.9 Å². The maximum atomic E-state index is 11.7. The summed E-state index contributed by atoms with van der Waals surface area (Å²) < 4.78 is 0. The van der Waals surface area contributed by atoms with Gasteiger partial charge in [0.15, 0.2) is 0 Å². The van der Waals surface area contributed by atoms with Gasteiger partial charge in [-0.25, -0.2) is 4.79 Å². The number of urea groups is 1. The zero-order valence-corrected chi connectivity index (χ0v) is 12.8. The van der Waals surface area contributed by atoms with Gasteiger partial charge in [-0.15, -0.1) is 0 Å². The molecule has 0 aliphatic heterocycles. The molecule has 0 fully saturated rings. The molecule has 0 aliphatic rings. The van der Waals surface area contributed by atoms with Crippen LogP contribution >= 0.6 is 0 Å². The summed E-state index contributed by atoms with van der Waals surface area (Å²) in [4.78, 5) is 33.9. The van der Waals surface area contributed by atoms with Gasteiger partial charge in [0.05, 0.1) is 6.42 Å². The first-order valence-corrected chi connectivity index (χ1v) is 6.99. The lowest BCUT2D eigenvalue weighted by molar-refractivity contribution is -0.139. The number of amides is 3. The molecule has 0 aromatic rings. The average molecular weight is 286 g/mol. The van der Waals surface area contributed by atoms with Crippen LogP contribution in [0.25, 0.3) is 0 Å². The van der Waals surface area contributed by atoms with Crippen LogP contribution in [0.5, 0.6) is 0 Å². The summed E-state index contributed by atoms with van der Waals surface area (Å²) in [5, 5.41) is 13.6. The second-order valence-corrected chi connectivity index (χ2v) is 5.85. The van der Waals surface area contributed by atoms with E-state index in [9.17, 15) is 14.4 Å². The Morgan fingerprint density at radius 3 is 2.10 bits per heavy atom. The third-order valence-electron chi connectivity index (χ3n) is 3.23. The van der Waals surface area contributed by atoms with Gasteiger partial charge >= 0.3 is 12.0 Å². The molecule has 116 valence electrons. The third kappa shape index (κ3) is 8.50. The molecule has 20 heavy (non-hydrogen) atoms. The SMILES string of the molecule is CCC(CC)CNC(=O)NC(=O)CC(C)(C)CC(=O)O. The Labute approximate surface area is 120 Å². The van der Waals surface area contributed by atoms with Crippen molar-refractivity contribution in [1.29, 1.82) is 0 Å². The second-order valence-electron chi connectivity index (χ2n) is 5.85. The van der Waals surface area contributed by atoms with Crippen molar-refractivity contribution in [2.45, 2.75) is 53.4 Å². The zero-order chi connectivity index (χ0) is 15.8. The number of aliphatic carboxylic acids is 1. The van der Waals surface area contributed by atoms with E-state index in [-0.39, 0.29) is 12.8 Å². The van der Waals surface area contributed by atoms with E-state index in [2.05, 4.69) is 10.6 Å². The first-order valence-electron chi connectivity index (χ1n) is 6.99. The molecular weight excluding hydrogens is 260 g/mol. The van der Waals surface area contributed by atoms with Crippen LogP contribution in [0.3, 0.4) is 0 Å². The maximum absolute atomic E-state index is 11.7. The van der Waals surface area contributed by atoms with E-state index in [1.54, 1.807) is 13.8 Å². The van der Waals surface area contributed by atoms with Crippen molar-refractivity contribution in [3.05, 3.63) is 0 Å². The molecule has 0 aromatic carbocycles. The fraction of sp³-hybridized carbons (Fsp3) is 0.786. The molecule has 0 saturated carbocycles. The lowest BCUT2D eigenvalue weighted by atomic mass is 9.85. The lowest BCUT2D eigenvalue weighted by Crippen LogP contribution is -2.42. The highest BCUT2D eigenvalue weighted by Gasteiger charge is 2.25. The summed E-state index contributed by atoms with van der Waals surface area (Å²) in [6.45, 7) is 8.00. The van der Waals surface area contributed by atoms with Gasteiger partial charge in [0, 0.05) is 13.0 Å². The van der Waals surface area contributed by atoms with Gasteiger partial charge < -0.3 is 10.4 Å². The molecule has 3 amide bonds. The number of hydrogen-bond donors (Lipinski definition) is 3. The molecule has 0 atom stereocenters. The Morgan fingerprint density at radius 2 is 1.65 bits per heavy atom. The van der Waals surface area contributed by atoms with E-state index in [1.165, 1.54) is 0 Å². The quantitative estimate of drug-likeness (QED) is 0.637. The number of carboxylic acid groups (broad SMARTS) is 1. The van der Waals surface area contributed by atoms with Crippen LogP contribution in [-0.4, -0.2) is 29.6 Å². The highest BCUT2D eigenvalue weighted by Crippen LogP contribution is 2.24. The smallest absolute Gasteiger partial charge is 0.321 e. The van der Waals surface area contributed by atoms with Gasteiger partial charge in [0.25, 0.3) is 0 Å². The molecule has 0 unspecified atom stereocenters. The predicted octanol–water partition coefficient (Wildman–Crippen LogP) is 2.14. The summed E-state index contributed by atoms with van der Waals surface area (Å²) in [5.74, 6) is -1.02. The van der Waals surface area contributed by atoms with Crippen LogP contribution in [0.2, 0.25) is 0 Å². The van der Waals surface area contributed by atoms with Crippen molar-refractivity contribution in [2.75, 3.05) is 6.54 Å². The van der Waals surface area contributed by atoms with Crippen molar-refractivity contribution in [3.8, 4) is 0 Å². The normalized spacial score (nSPS) is 11.2. The van der Waals surface area contributed by atoms with E-state index in [1.807, 2.05) is 13.8 Å². The van der Waals surface area contributed by atoms with Crippen LogP contribution in [0.1, 0.15) is 53.4 Å².